The summed E-state index contributed by atoms with van der Waals surface area (Å²) < 4.78 is 4.78. The van der Waals surface area contributed by atoms with Gasteiger partial charge < -0.3 is 14.9 Å². The number of hydrogen-bond donors (Lipinski definition) is 3. The molecule has 0 aliphatic carbocycles. The number of nitrogens with zero attached hydrogens (tertiary/aromatic N) is 1. The Bertz CT molecular complexity index is 505. The van der Waals surface area contributed by atoms with Gasteiger partial charge in [0.05, 0.1) is 17.9 Å². The number of aliphatic hydroxyl groups is 1. The van der Waals surface area contributed by atoms with Gasteiger partial charge in [0, 0.05) is 18.2 Å². The van der Waals surface area contributed by atoms with E-state index in [-0.39, 0.29) is 23.6 Å². The highest BCUT2D eigenvalue weighted by Crippen LogP contribution is 2.44. The minimum atomic E-state index is -1.31. The Labute approximate surface area is 118 Å². The molecular weight excluding hydrogens is 288 g/mol. The van der Waals surface area contributed by atoms with Crippen molar-refractivity contribution in [3.8, 4) is 0 Å². The second kappa shape index (κ2) is 5.43. The first kappa shape index (κ1) is 14.8. The number of aliphatic carboxylic acids is 1. The molecule has 4 N–H and O–H groups in total. The van der Waals surface area contributed by atoms with Gasteiger partial charge in [-0.2, -0.15) is 0 Å². The Morgan fingerprint density at radius 1 is 1.60 bits per heavy atom. The number of carboxylic acids is 1. The third-order valence-electron chi connectivity index (χ3n) is 3.14. The van der Waals surface area contributed by atoms with E-state index in [0.29, 0.717) is 0 Å². The molecular formula is C11H14N2O6S. The molecule has 2 rings (SSSR count). The molecule has 9 heteroatoms. The Balaban J connectivity index is 2.33. The maximum atomic E-state index is 11.8. The summed E-state index contributed by atoms with van der Waals surface area (Å²) >= 11 is 1.29. The van der Waals surface area contributed by atoms with Crippen LogP contribution in [0.3, 0.4) is 0 Å². The molecule has 8 nitrogen and oxygen atoms in total. The predicted octanol–water partition coefficient (Wildman–Crippen LogP) is -1.30. The number of amides is 1. The lowest BCUT2D eigenvalue weighted by molar-refractivity contribution is -0.154. The van der Waals surface area contributed by atoms with Crippen molar-refractivity contribution in [2.45, 2.75) is 18.5 Å². The van der Waals surface area contributed by atoms with Gasteiger partial charge in [0.15, 0.2) is 6.23 Å². The number of hydrogen-bond acceptors (Lipinski definition) is 7. The molecule has 0 aromatic heterocycles. The summed E-state index contributed by atoms with van der Waals surface area (Å²) in [5, 5.41) is 18.0. The molecule has 0 saturated carbocycles. The lowest BCUT2D eigenvalue weighted by atomic mass is 9.96. The van der Waals surface area contributed by atoms with E-state index in [2.05, 4.69) is 0 Å². The molecule has 1 amide bonds. The van der Waals surface area contributed by atoms with Gasteiger partial charge >= 0.3 is 11.9 Å². The second-order valence-corrected chi connectivity index (χ2v) is 5.51. The molecule has 2 aliphatic rings. The minimum absolute atomic E-state index is 0.179. The Morgan fingerprint density at radius 2 is 2.25 bits per heavy atom. The molecule has 2 aliphatic heterocycles. The van der Waals surface area contributed by atoms with Crippen LogP contribution in [0.5, 0.6) is 0 Å². The van der Waals surface area contributed by atoms with Crippen LogP contribution in [0, 0.1) is 5.92 Å². The summed E-state index contributed by atoms with van der Waals surface area (Å²) in [5.74, 6) is -2.78. The monoisotopic (exact) mass is 302 g/mol. The lowest BCUT2D eigenvalue weighted by Gasteiger charge is -2.49. The van der Waals surface area contributed by atoms with Gasteiger partial charge in [0.25, 0.3) is 0 Å². The van der Waals surface area contributed by atoms with Crippen LogP contribution < -0.4 is 5.73 Å². The first-order valence-electron chi connectivity index (χ1n) is 5.83. The number of carbonyl (C=O) groups excluding carboxylic acids is 2. The molecule has 1 saturated heterocycles. The molecule has 20 heavy (non-hydrogen) atoms. The number of β-lactam (4-membered cyclic amide) rings is 1. The van der Waals surface area contributed by atoms with Crippen molar-refractivity contribution < 1.29 is 29.3 Å². The number of aliphatic hydroxyl groups excluding tert-OH is 1. The Morgan fingerprint density at radius 3 is 2.75 bits per heavy atom. The number of rotatable bonds is 4. The molecule has 2 heterocycles. The van der Waals surface area contributed by atoms with Crippen molar-refractivity contribution >= 4 is 29.6 Å². The largest absolute Gasteiger partial charge is 0.477 e. The van der Waals surface area contributed by atoms with E-state index in [1.54, 1.807) is 0 Å². The van der Waals surface area contributed by atoms with E-state index in [9.17, 15) is 19.5 Å². The van der Waals surface area contributed by atoms with Gasteiger partial charge in [0.1, 0.15) is 5.70 Å². The molecule has 1 fully saturated rings. The molecule has 1 unspecified atom stereocenters. The van der Waals surface area contributed by atoms with Crippen molar-refractivity contribution in [1.29, 1.82) is 0 Å². The van der Waals surface area contributed by atoms with Crippen molar-refractivity contribution in [3.63, 3.8) is 0 Å². The van der Waals surface area contributed by atoms with Gasteiger partial charge in [-0.1, -0.05) is 0 Å². The first-order chi connectivity index (χ1) is 9.38. The van der Waals surface area contributed by atoms with E-state index in [1.807, 2.05) is 0 Å². The fourth-order valence-corrected chi connectivity index (χ4v) is 3.67. The Kier molecular flexibility index (Phi) is 4.02. The zero-order chi connectivity index (χ0) is 15.0. The summed E-state index contributed by atoms with van der Waals surface area (Å²) in [6, 6.07) is 0. The van der Waals surface area contributed by atoms with Gasteiger partial charge in [0.2, 0.25) is 5.91 Å². The smallest absolute Gasteiger partial charge is 0.352 e. The van der Waals surface area contributed by atoms with Crippen LogP contribution in [0.15, 0.2) is 11.3 Å². The number of fused-ring (bicyclic) bond motifs is 1. The van der Waals surface area contributed by atoms with Gasteiger partial charge in [-0.05, 0) is 0 Å². The molecule has 0 bridgehead atoms. The number of esters is 1. The van der Waals surface area contributed by atoms with E-state index in [4.69, 9.17) is 15.6 Å². The summed E-state index contributed by atoms with van der Waals surface area (Å²) in [7, 11) is 0. The number of nitrogens with two attached hydrogens (primary N) is 1. The van der Waals surface area contributed by atoms with E-state index in [0.717, 1.165) is 11.8 Å². The summed E-state index contributed by atoms with van der Waals surface area (Å²) in [4.78, 5) is 35.2. The van der Waals surface area contributed by atoms with Gasteiger partial charge in [-0.15, -0.1) is 11.8 Å². The average molecular weight is 302 g/mol. The number of carboxylic acid groups (broad SMARTS) is 1. The second-order valence-electron chi connectivity index (χ2n) is 4.41. The zero-order valence-corrected chi connectivity index (χ0v) is 11.4. The average Bonchev–Trinajstić information content (AvgIpc) is 2.36. The fraction of sp³-hybridized carbons (Fsp3) is 0.545. The predicted molar refractivity (Wildman–Crippen MR) is 68.1 cm³/mol. The number of carbonyl (C=O) groups is 3. The van der Waals surface area contributed by atoms with Crippen LogP contribution in [0.1, 0.15) is 6.92 Å². The van der Waals surface area contributed by atoms with Crippen LogP contribution >= 0.6 is 11.8 Å². The summed E-state index contributed by atoms with van der Waals surface area (Å²) in [6.45, 7) is 0.835. The molecule has 110 valence electrons. The third-order valence-corrected chi connectivity index (χ3v) is 4.50. The SMILES string of the molecule is CC(=O)OC(N)C1=C(C(=O)O)N2C(=O)[C@@H](CO)[C@H]2SC1. The number of thioether (sulfide) groups is 1. The van der Waals surface area contributed by atoms with Crippen molar-refractivity contribution in [3.05, 3.63) is 11.3 Å². The standard InChI is InChI=1S/C11H14N2O6S/c1-4(15)19-8(12)6-3-20-10-5(2-14)9(16)13(10)7(6)11(17)18/h5,8,10,14H,2-3,12H2,1H3,(H,17,18)/t5-,8?,10-/m1/s1. The molecule has 0 aromatic carbocycles. The normalized spacial score (nSPS) is 26.8. The van der Waals surface area contributed by atoms with Crippen molar-refractivity contribution in [2.24, 2.45) is 11.7 Å². The highest BCUT2D eigenvalue weighted by molar-refractivity contribution is 8.00. The fourth-order valence-electron chi connectivity index (χ4n) is 2.23. The van der Waals surface area contributed by atoms with Gasteiger partial charge in [-0.3, -0.25) is 20.2 Å². The van der Waals surface area contributed by atoms with Crippen molar-refractivity contribution in [2.75, 3.05) is 12.4 Å². The van der Waals surface area contributed by atoms with Gasteiger partial charge in [-0.25, -0.2) is 4.79 Å². The molecule has 0 spiro atoms. The maximum Gasteiger partial charge on any atom is 0.352 e. The highest BCUT2D eigenvalue weighted by Gasteiger charge is 2.53. The van der Waals surface area contributed by atoms with E-state index >= 15 is 0 Å². The summed E-state index contributed by atoms with van der Waals surface area (Å²) in [5.41, 5.74) is 5.58. The molecule has 0 radical (unpaired) electrons. The highest BCUT2D eigenvalue weighted by atomic mass is 32.2. The zero-order valence-electron chi connectivity index (χ0n) is 10.6. The van der Waals surface area contributed by atoms with E-state index < -0.39 is 35.4 Å². The van der Waals surface area contributed by atoms with Crippen molar-refractivity contribution in [1.82, 2.24) is 4.90 Å². The quantitative estimate of drug-likeness (QED) is 0.332. The van der Waals surface area contributed by atoms with Crippen LogP contribution in [0.2, 0.25) is 0 Å². The van der Waals surface area contributed by atoms with E-state index in [1.165, 1.54) is 11.8 Å². The van der Waals surface area contributed by atoms with Crippen LogP contribution in [0.4, 0.5) is 0 Å². The van der Waals surface area contributed by atoms with Crippen LogP contribution in [0.25, 0.3) is 0 Å². The maximum absolute atomic E-state index is 11.8. The van der Waals surface area contributed by atoms with Crippen LogP contribution in [-0.2, 0) is 19.1 Å². The molecule has 3 atom stereocenters. The third kappa shape index (κ3) is 2.28. The Hall–Kier alpha value is -1.58. The van der Waals surface area contributed by atoms with Crippen LogP contribution in [-0.4, -0.2) is 56.9 Å². The minimum Gasteiger partial charge on any atom is -0.477 e. The summed E-state index contributed by atoms with van der Waals surface area (Å²) in [6.07, 6.45) is -1.20. The first-order valence-corrected chi connectivity index (χ1v) is 6.88. The topological polar surface area (TPSA) is 130 Å². The number of ether oxygens (including phenoxy) is 1. The molecule has 0 aromatic rings. The lowest BCUT2D eigenvalue weighted by Crippen LogP contribution is -2.63.